The first-order valence-electron chi connectivity index (χ1n) is 4.95. The molecule has 0 amide bonds. The molecule has 0 aliphatic heterocycles. The number of rotatable bonds is 4. The van der Waals surface area contributed by atoms with E-state index in [4.69, 9.17) is 16.7 Å². The number of aromatic nitrogens is 2. The van der Waals surface area contributed by atoms with E-state index in [0.717, 1.165) is 15.6 Å². The van der Waals surface area contributed by atoms with Crippen LogP contribution in [-0.2, 0) is 11.2 Å². The molecule has 6 heteroatoms. The highest BCUT2D eigenvalue weighted by Crippen LogP contribution is 2.30. The highest BCUT2D eigenvalue weighted by Gasteiger charge is 2.12. The fraction of sp³-hybridized carbons (Fsp3) is 0.182. The molecule has 2 heterocycles. The van der Waals surface area contributed by atoms with Gasteiger partial charge in [-0.2, -0.15) is 0 Å². The molecule has 0 saturated carbocycles. The number of carboxylic acid groups (broad SMARTS) is 1. The molecule has 88 valence electrons. The number of hydrogen-bond acceptors (Lipinski definition) is 4. The highest BCUT2D eigenvalue weighted by molar-refractivity contribution is 7.15. The molecule has 4 nitrogen and oxygen atoms in total. The van der Waals surface area contributed by atoms with Crippen LogP contribution in [0.3, 0.4) is 0 Å². The number of aliphatic carboxylic acids is 1. The van der Waals surface area contributed by atoms with Gasteiger partial charge in [-0.05, 0) is 18.6 Å². The largest absolute Gasteiger partial charge is 0.481 e. The van der Waals surface area contributed by atoms with Crippen molar-refractivity contribution < 1.29 is 9.90 Å². The molecule has 0 bridgehead atoms. The topological polar surface area (TPSA) is 63.1 Å². The van der Waals surface area contributed by atoms with Crippen molar-refractivity contribution in [3.63, 3.8) is 0 Å². The van der Waals surface area contributed by atoms with Gasteiger partial charge in [0.2, 0.25) is 0 Å². The van der Waals surface area contributed by atoms with Crippen LogP contribution in [0.15, 0.2) is 24.4 Å². The molecule has 0 spiro atoms. The Morgan fingerprint density at radius 1 is 1.47 bits per heavy atom. The minimum Gasteiger partial charge on any atom is -0.481 e. The minimum absolute atomic E-state index is 0.0591. The van der Waals surface area contributed by atoms with Crippen molar-refractivity contribution in [1.82, 2.24) is 9.97 Å². The van der Waals surface area contributed by atoms with Crippen molar-refractivity contribution >= 4 is 28.9 Å². The van der Waals surface area contributed by atoms with Crippen LogP contribution < -0.4 is 0 Å². The summed E-state index contributed by atoms with van der Waals surface area (Å²) in [5, 5.41) is 9.71. The lowest BCUT2D eigenvalue weighted by atomic mass is 10.3. The van der Waals surface area contributed by atoms with Gasteiger partial charge in [0, 0.05) is 11.1 Å². The smallest absolute Gasteiger partial charge is 0.303 e. The molecule has 0 aliphatic rings. The van der Waals surface area contributed by atoms with Gasteiger partial charge in [0.1, 0.15) is 10.2 Å². The van der Waals surface area contributed by atoms with Crippen LogP contribution in [0.4, 0.5) is 0 Å². The Balaban J connectivity index is 2.22. The van der Waals surface area contributed by atoms with Gasteiger partial charge in [-0.25, -0.2) is 4.98 Å². The number of halogens is 1. The molecular weight excluding hydrogens is 260 g/mol. The number of thiazole rings is 1. The lowest BCUT2D eigenvalue weighted by molar-refractivity contribution is -0.136. The van der Waals surface area contributed by atoms with Crippen molar-refractivity contribution in [2.45, 2.75) is 12.8 Å². The predicted molar refractivity (Wildman–Crippen MR) is 66.3 cm³/mol. The molecule has 0 fully saturated rings. The summed E-state index contributed by atoms with van der Waals surface area (Å²) in [6.07, 6.45) is 2.14. The van der Waals surface area contributed by atoms with E-state index in [2.05, 4.69) is 9.97 Å². The second-order valence-corrected chi connectivity index (χ2v) is 4.78. The van der Waals surface area contributed by atoms with Crippen LogP contribution in [-0.4, -0.2) is 21.0 Å². The van der Waals surface area contributed by atoms with Crippen LogP contribution in [0.5, 0.6) is 0 Å². The first kappa shape index (κ1) is 12.0. The molecule has 2 aromatic heterocycles. The zero-order chi connectivity index (χ0) is 12.3. The van der Waals surface area contributed by atoms with Gasteiger partial charge in [-0.15, -0.1) is 11.3 Å². The fourth-order valence-corrected chi connectivity index (χ4v) is 2.58. The zero-order valence-electron chi connectivity index (χ0n) is 8.76. The summed E-state index contributed by atoms with van der Waals surface area (Å²) in [7, 11) is 0. The summed E-state index contributed by atoms with van der Waals surface area (Å²) in [6.45, 7) is 0. The maximum Gasteiger partial charge on any atom is 0.303 e. The van der Waals surface area contributed by atoms with E-state index in [1.165, 1.54) is 11.3 Å². The third-order valence-electron chi connectivity index (χ3n) is 2.10. The quantitative estimate of drug-likeness (QED) is 0.926. The zero-order valence-corrected chi connectivity index (χ0v) is 10.3. The predicted octanol–water partition coefficient (Wildman–Crippen LogP) is 2.88. The monoisotopic (exact) mass is 268 g/mol. The summed E-state index contributed by atoms with van der Waals surface area (Å²) in [4.78, 5) is 19.6. The number of carboxylic acids is 1. The van der Waals surface area contributed by atoms with E-state index in [0.29, 0.717) is 11.6 Å². The molecule has 0 radical (unpaired) electrons. The molecule has 2 aromatic rings. The third-order valence-corrected chi connectivity index (χ3v) is 3.66. The molecule has 2 rings (SSSR count). The van der Waals surface area contributed by atoms with E-state index in [9.17, 15) is 4.79 Å². The third kappa shape index (κ3) is 3.01. The Morgan fingerprint density at radius 2 is 2.29 bits per heavy atom. The lowest BCUT2D eigenvalue weighted by Gasteiger charge is -1.92. The van der Waals surface area contributed by atoms with Gasteiger partial charge < -0.3 is 5.11 Å². The van der Waals surface area contributed by atoms with E-state index >= 15 is 0 Å². The Labute approximate surface area is 107 Å². The fourth-order valence-electron chi connectivity index (χ4n) is 1.31. The van der Waals surface area contributed by atoms with Gasteiger partial charge >= 0.3 is 5.97 Å². The van der Waals surface area contributed by atoms with Crippen LogP contribution in [0.25, 0.3) is 10.7 Å². The maximum absolute atomic E-state index is 10.5. The molecule has 0 unspecified atom stereocenters. The molecule has 0 saturated heterocycles. The average Bonchev–Trinajstić information content (AvgIpc) is 2.69. The molecule has 17 heavy (non-hydrogen) atoms. The SMILES string of the molecule is O=C(O)CCc1sc(-c2ccccn2)nc1Cl. The Bertz CT molecular complexity index is 528. The number of nitrogens with zero attached hydrogens (tertiary/aromatic N) is 2. The van der Waals surface area contributed by atoms with Gasteiger partial charge in [-0.3, -0.25) is 9.78 Å². The number of hydrogen-bond donors (Lipinski definition) is 1. The van der Waals surface area contributed by atoms with Crippen LogP contribution in [0, 0.1) is 0 Å². The Hall–Kier alpha value is -1.46. The summed E-state index contributed by atoms with van der Waals surface area (Å²) in [5.41, 5.74) is 0.751. The second kappa shape index (κ2) is 5.25. The van der Waals surface area contributed by atoms with Gasteiger partial charge in [0.15, 0.2) is 0 Å². The standard InChI is InChI=1S/C11H9ClN2O2S/c12-10-8(4-5-9(15)16)17-11(14-10)7-3-1-2-6-13-7/h1-3,6H,4-5H2,(H,15,16). The van der Waals surface area contributed by atoms with Crippen molar-refractivity contribution in [1.29, 1.82) is 0 Å². The number of aryl methyl sites for hydroxylation is 1. The normalized spacial score (nSPS) is 10.4. The summed E-state index contributed by atoms with van der Waals surface area (Å²) < 4.78 is 0. The average molecular weight is 269 g/mol. The molecule has 0 aromatic carbocycles. The van der Waals surface area contributed by atoms with Gasteiger partial charge in [0.25, 0.3) is 0 Å². The second-order valence-electron chi connectivity index (χ2n) is 3.34. The van der Waals surface area contributed by atoms with Crippen LogP contribution >= 0.6 is 22.9 Å². The van der Waals surface area contributed by atoms with Crippen molar-refractivity contribution in [3.8, 4) is 10.7 Å². The molecule has 1 N–H and O–H groups in total. The minimum atomic E-state index is -0.839. The molecular formula is C11H9ClN2O2S. The maximum atomic E-state index is 10.5. The highest BCUT2D eigenvalue weighted by atomic mass is 35.5. The van der Waals surface area contributed by atoms with E-state index in [1.54, 1.807) is 6.20 Å². The Morgan fingerprint density at radius 3 is 2.94 bits per heavy atom. The van der Waals surface area contributed by atoms with E-state index < -0.39 is 5.97 Å². The van der Waals surface area contributed by atoms with Crippen LogP contribution in [0.1, 0.15) is 11.3 Å². The Kier molecular flexibility index (Phi) is 3.71. The van der Waals surface area contributed by atoms with Crippen molar-refractivity contribution in [2.75, 3.05) is 0 Å². The lowest BCUT2D eigenvalue weighted by Crippen LogP contribution is -1.96. The van der Waals surface area contributed by atoms with Crippen molar-refractivity contribution in [3.05, 3.63) is 34.4 Å². The first-order chi connectivity index (χ1) is 8.16. The van der Waals surface area contributed by atoms with E-state index in [1.807, 2.05) is 18.2 Å². The van der Waals surface area contributed by atoms with Crippen LogP contribution in [0.2, 0.25) is 5.15 Å². The van der Waals surface area contributed by atoms with Gasteiger partial charge in [-0.1, -0.05) is 17.7 Å². The molecule has 0 aliphatic carbocycles. The van der Waals surface area contributed by atoms with Gasteiger partial charge in [0.05, 0.1) is 12.1 Å². The summed E-state index contributed by atoms with van der Waals surface area (Å²) in [6, 6.07) is 5.54. The molecule has 0 atom stereocenters. The summed E-state index contributed by atoms with van der Waals surface area (Å²) >= 11 is 7.34. The summed E-state index contributed by atoms with van der Waals surface area (Å²) in [5.74, 6) is -0.839. The first-order valence-corrected chi connectivity index (χ1v) is 6.14. The number of pyridine rings is 1. The van der Waals surface area contributed by atoms with E-state index in [-0.39, 0.29) is 6.42 Å². The number of carbonyl (C=O) groups is 1. The van der Waals surface area contributed by atoms with Crippen molar-refractivity contribution in [2.24, 2.45) is 0 Å².